The van der Waals surface area contributed by atoms with Crippen molar-refractivity contribution in [3.63, 3.8) is 0 Å². The summed E-state index contributed by atoms with van der Waals surface area (Å²) in [6, 6.07) is 14.8. The molecule has 0 radical (unpaired) electrons. The van der Waals surface area contributed by atoms with Gasteiger partial charge in [-0.05, 0) is 71.7 Å². The monoisotopic (exact) mass is 554 g/mol. The molecule has 0 aliphatic heterocycles. The average Bonchev–Trinajstić information content (AvgIpc) is 3.46. The third-order valence-corrected chi connectivity index (χ3v) is 5.43. The Morgan fingerprint density at radius 3 is 1.72 bits per heavy atom. The molecule has 2 heterocycles. The molecule has 0 saturated carbocycles. The number of aromatic nitrogens is 2. The summed E-state index contributed by atoms with van der Waals surface area (Å²) in [6.45, 7) is 10.6. The Bertz CT molecular complexity index is 1410. The third kappa shape index (κ3) is 7.21. The molecule has 0 atom stereocenters. The van der Waals surface area contributed by atoms with E-state index in [1.54, 1.807) is 19.1 Å². The van der Waals surface area contributed by atoms with Gasteiger partial charge in [-0.1, -0.05) is 24.2 Å². The maximum absolute atomic E-state index is 11.5. The molecule has 10 heteroatoms. The van der Waals surface area contributed by atoms with Gasteiger partial charge in [0.2, 0.25) is 0 Å². The standard InChI is InChI=1S/C13H13NO2.C10H8BrNO2.C3H7BO2/c1-8(2)12-7-10-9(13(15)16-3)5-4-6-11(10)14-12;1-14-10(13)6-3-2-4-8-7(6)5-9(11)12-8;1-3(2)4(5)6/h4-7,14H,1H2,2-3H3;2-5,12H,1H3;5-6H,1H2,2H3. The molecule has 8 nitrogen and oxygen atoms in total. The van der Waals surface area contributed by atoms with E-state index < -0.39 is 7.12 Å². The number of aromatic amines is 2. The molecule has 4 N–H and O–H groups in total. The van der Waals surface area contributed by atoms with E-state index in [0.29, 0.717) is 16.6 Å². The van der Waals surface area contributed by atoms with Crippen LogP contribution in [-0.4, -0.2) is 53.3 Å². The zero-order valence-electron chi connectivity index (χ0n) is 20.5. The Labute approximate surface area is 217 Å². The number of benzene rings is 2. The minimum absolute atomic E-state index is 0.317. The molecule has 0 aliphatic rings. The van der Waals surface area contributed by atoms with Crippen LogP contribution in [0.5, 0.6) is 0 Å². The second-order valence-electron chi connectivity index (χ2n) is 7.82. The summed E-state index contributed by atoms with van der Waals surface area (Å²) in [5, 5.41) is 17.9. The summed E-state index contributed by atoms with van der Waals surface area (Å²) in [5.74, 6) is -0.639. The van der Waals surface area contributed by atoms with E-state index in [1.165, 1.54) is 14.2 Å². The molecule has 0 saturated heterocycles. The van der Waals surface area contributed by atoms with Crippen LogP contribution in [0.4, 0.5) is 0 Å². The molecule has 36 heavy (non-hydrogen) atoms. The van der Waals surface area contributed by atoms with Crippen LogP contribution >= 0.6 is 15.9 Å². The van der Waals surface area contributed by atoms with E-state index >= 15 is 0 Å². The molecular weight excluding hydrogens is 527 g/mol. The van der Waals surface area contributed by atoms with Crippen molar-refractivity contribution in [2.24, 2.45) is 0 Å². The number of nitrogens with one attached hydrogen (secondary N) is 2. The molecule has 188 valence electrons. The van der Waals surface area contributed by atoms with Gasteiger partial charge in [0.25, 0.3) is 0 Å². The fourth-order valence-electron chi connectivity index (χ4n) is 3.08. The molecule has 4 aromatic rings. The molecule has 2 aromatic carbocycles. The second-order valence-corrected chi connectivity index (χ2v) is 8.67. The SMILES string of the molecule is C=C(C)B(O)O.C=C(C)c1cc2c(C(=O)OC)cccc2[nH]1.COC(=O)c1cccc2[nH]c(Br)cc12. The van der Waals surface area contributed by atoms with Crippen LogP contribution in [0.15, 0.2) is 71.8 Å². The van der Waals surface area contributed by atoms with Crippen molar-refractivity contribution in [2.75, 3.05) is 14.2 Å². The van der Waals surface area contributed by atoms with Gasteiger partial charge in [0.05, 0.1) is 29.9 Å². The van der Waals surface area contributed by atoms with Crippen LogP contribution in [0.1, 0.15) is 40.3 Å². The number of carbonyl (C=O) groups excluding carboxylic acids is 2. The summed E-state index contributed by atoms with van der Waals surface area (Å²) in [7, 11) is 1.42. The molecule has 0 amide bonds. The molecule has 0 unspecified atom stereocenters. The number of esters is 2. The smallest absolute Gasteiger partial charge is 0.465 e. The third-order valence-electron chi connectivity index (χ3n) is 5.01. The molecule has 0 bridgehead atoms. The maximum Gasteiger partial charge on any atom is 0.483 e. The lowest BCUT2D eigenvalue weighted by Crippen LogP contribution is -2.11. The average molecular weight is 555 g/mol. The predicted molar refractivity (Wildman–Crippen MR) is 147 cm³/mol. The van der Waals surface area contributed by atoms with E-state index in [1.807, 2.05) is 43.3 Å². The van der Waals surface area contributed by atoms with Crippen molar-refractivity contribution in [3.05, 3.63) is 88.6 Å². The van der Waals surface area contributed by atoms with Crippen LogP contribution in [0.25, 0.3) is 27.4 Å². The fraction of sp³-hybridized carbons (Fsp3) is 0.154. The largest absolute Gasteiger partial charge is 0.483 e. The van der Waals surface area contributed by atoms with Crippen molar-refractivity contribution in [1.82, 2.24) is 9.97 Å². The van der Waals surface area contributed by atoms with E-state index in [4.69, 9.17) is 14.8 Å². The highest BCUT2D eigenvalue weighted by Crippen LogP contribution is 2.24. The minimum atomic E-state index is -1.34. The van der Waals surface area contributed by atoms with Crippen molar-refractivity contribution < 1.29 is 29.1 Å². The lowest BCUT2D eigenvalue weighted by Gasteiger charge is -1.99. The van der Waals surface area contributed by atoms with E-state index in [9.17, 15) is 9.59 Å². The summed E-state index contributed by atoms with van der Waals surface area (Å²) in [5.41, 5.74) is 5.23. The first kappa shape index (κ1) is 28.6. The van der Waals surface area contributed by atoms with E-state index in [2.05, 4.69) is 43.8 Å². The van der Waals surface area contributed by atoms with E-state index in [-0.39, 0.29) is 11.9 Å². The molecule has 0 aliphatic carbocycles. The van der Waals surface area contributed by atoms with Gasteiger partial charge in [-0.3, -0.25) is 0 Å². The number of ether oxygens (including phenoxy) is 2. The Hall–Kier alpha value is -3.60. The van der Waals surface area contributed by atoms with Crippen molar-refractivity contribution in [1.29, 1.82) is 0 Å². The Balaban J connectivity index is 0.000000209. The van der Waals surface area contributed by atoms with Crippen LogP contribution < -0.4 is 0 Å². The second kappa shape index (κ2) is 12.9. The maximum atomic E-state index is 11.5. The number of halogens is 1. The van der Waals surface area contributed by atoms with Gasteiger partial charge in [0, 0.05) is 27.5 Å². The summed E-state index contributed by atoms with van der Waals surface area (Å²) >= 11 is 3.32. The molecular formula is C26H28BBrN2O6. The van der Waals surface area contributed by atoms with Crippen LogP contribution in [0, 0.1) is 0 Å². The summed E-state index contributed by atoms with van der Waals surface area (Å²) in [6.07, 6.45) is 0. The topological polar surface area (TPSA) is 125 Å². The number of carbonyl (C=O) groups is 2. The summed E-state index contributed by atoms with van der Waals surface area (Å²) < 4.78 is 10.3. The van der Waals surface area contributed by atoms with Crippen molar-refractivity contribution in [3.8, 4) is 0 Å². The molecule has 0 fully saturated rings. The number of hydrogen-bond acceptors (Lipinski definition) is 6. The highest BCUT2D eigenvalue weighted by Gasteiger charge is 2.12. The fourth-order valence-corrected chi connectivity index (χ4v) is 3.52. The minimum Gasteiger partial charge on any atom is -0.465 e. The van der Waals surface area contributed by atoms with Crippen molar-refractivity contribution in [2.45, 2.75) is 13.8 Å². The van der Waals surface area contributed by atoms with Gasteiger partial charge in [0.1, 0.15) is 0 Å². The number of rotatable bonds is 4. The highest BCUT2D eigenvalue weighted by molar-refractivity contribution is 9.10. The van der Waals surface area contributed by atoms with Crippen molar-refractivity contribution >= 4 is 62.4 Å². The number of allylic oxidation sites excluding steroid dienone is 2. The van der Waals surface area contributed by atoms with Gasteiger partial charge in [-0.15, -0.1) is 6.58 Å². The predicted octanol–water partition coefficient (Wildman–Crippen LogP) is 5.28. The molecule has 4 rings (SSSR count). The quantitative estimate of drug-likeness (QED) is 0.201. The van der Waals surface area contributed by atoms with Gasteiger partial charge in [-0.2, -0.15) is 0 Å². The van der Waals surface area contributed by atoms with Gasteiger partial charge < -0.3 is 29.5 Å². The molecule has 2 aromatic heterocycles. The Morgan fingerprint density at radius 1 is 0.861 bits per heavy atom. The first-order chi connectivity index (χ1) is 17.0. The highest BCUT2D eigenvalue weighted by atomic mass is 79.9. The van der Waals surface area contributed by atoms with Crippen LogP contribution in [-0.2, 0) is 9.47 Å². The zero-order valence-corrected chi connectivity index (χ0v) is 22.1. The van der Waals surface area contributed by atoms with Crippen LogP contribution in [0.3, 0.4) is 0 Å². The summed E-state index contributed by atoms with van der Waals surface area (Å²) in [4.78, 5) is 29.2. The van der Waals surface area contributed by atoms with Gasteiger partial charge in [0.15, 0.2) is 0 Å². The van der Waals surface area contributed by atoms with E-state index in [0.717, 1.165) is 37.7 Å². The first-order valence-corrected chi connectivity index (χ1v) is 11.5. The van der Waals surface area contributed by atoms with Gasteiger partial charge >= 0.3 is 19.1 Å². The molecule has 0 spiro atoms. The van der Waals surface area contributed by atoms with Crippen LogP contribution in [0.2, 0.25) is 0 Å². The zero-order chi connectivity index (χ0) is 27.0. The Kier molecular flexibility index (Phi) is 10.3. The number of fused-ring (bicyclic) bond motifs is 2. The normalized spacial score (nSPS) is 9.97. The lowest BCUT2D eigenvalue weighted by atomic mass is 9.82. The first-order valence-electron chi connectivity index (χ1n) is 10.7. The Morgan fingerprint density at radius 2 is 1.31 bits per heavy atom. The number of H-pyrrole nitrogens is 2. The number of methoxy groups -OCH3 is 2. The number of hydrogen-bond donors (Lipinski definition) is 4. The van der Waals surface area contributed by atoms with Gasteiger partial charge in [-0.25, -0.2) is 9.59 Å². The lowest BCUT2D eigenvalue weighted by molar-refractivity contribution is 0.0594.